The molecule has 1 unspecified atom stereocenters. The predicted octanol–water partition coefficient (Wildman–Crippen LogP) is 3.41. The number of rotatable bonds is 9. The highest BCUT2D eigenvalue weighted by Gasteiger charge is 2.28. The molecular weight excluding hydrogens is 420 g/mol. The number of aromatic nitrogens is 1. The summed E-state index contributed by atoms with van der Waals surface area (Å²) in [5.74, 6) is -1.93. The minimum atomic E-state index is -0.983. The Labute approximate surface area is 192 Å². The molecule has 0 fully saturated rings. The average Bonchev–Trinajstić information content (AvgIpc) is 2.82. The topological polar surface area (TPSA) is 106 Å². The summed E-state index contributed by atoms with van der Waals surface area (Å²) in [4.78, 5) is 40.0. The first-order valence-corrected chi connectivity index (χ1v) is 10.6. The van der Waals surface area contributed by atoms with Gasteiger partial charge in [-0.25, -0.2) is 9.78 Å². The van der Waals surface area contributed by atoms with Crippen LogP contribution in [0.15, 0.2) is 72.9 Å². The lowest BCUT2D eigenvalue weighted by atomic mass is 9.87. The predicted molar refractivity (Wildman–Crippen MR) is 123 cm³/mol. The third-order valence-electron chi connectivity index (χ3n) is 5.32. The molecule has 1 heterocycles. The van der Waals surface area contributed by atoms with E-state index in [9.17, 15) is 19.5 Å². The molecule has 1 amide bonds. The molecule has 7 nitrogen and oxygen atoms in total. The number of carbonyl (C=O) groups excluding carboxylic acids is 3. The molecule has 0 saturated carbocycles. The molecule has 0 aliphatic rings. The normalized spacial score (nSPS) is 12.6. The fourth-order valence-corrected chi connectivity index (χ4v) is 3.65. The Morgan fingerprint density at radius 3 is 2.12 bits per heavy atom. The number of hydrogen-bond donors (Lipinski definition) is 2. The molecule has 33 heavy (non-hydrogen) atoms. The van der Waals surface area contributed by atoms with E-state index < -0.39 is 24.0 Å². The number of aldehydes is 1. The number of aromatic hydroxyl groups is 1. The van der Waals surface area contributed by atoms with Gasteiger partial charge in [0, 0.05) is 24.1 Å². The van der Waals surface area contributed by atoms with Crippen molar-refractivity contribution in [1.82, 2.24) is 10.3 Å². The van der Waals surface area contributed by atoms with E-state index in [0.717, 1.165) is 11.1 Å². The van der Waals surface area contributed by atoms with Crippen LogP contribution in [-0.4, -0.2) is 40.4 Å². The van der Waals surface area contributed by atoms with Crippen molar-refractivity contribution >= 4 is 18.2 Å². The maximum atomic E-state index is 12.8. The smallest absolute Gasteiger partial charge is 0.328 e. The number of amides is 1. The lowest BCUT2D eigenvalue weighted by Gasteiger charge is -2.26. The van der Waals surface area contributed by atoms with Crippen molar-refractivity contribution in [2.45, 2.75) is 38.3 Å². The van der Waals surface area contributed by atoms with E-state index in [1.165, 1.54) is 19.2 Å². The van der Waals surface area contributed by atoms with Gasteiger partial charge in [-0.1, -0.05) is 60.7 Å². The Bertz CT molecular complexity index is 1060. The highest BCUT2D eigenvalue weighted by atomic mass is 16.5. The number of ether oxygens (including phenoxy) is 1. The average molecular weight is 447 g/mol. The molecule has 2 N–H and O–H groups in total. The summed E-state index contributed by atoms with van der Waals surface area (Å²) in [6.45, 7) is 3.31. The van der Waals surface area contributed by atoms with Crippen LogP contribution in [0.1, 0.15) is 46.9 Å². The molecule has 7 heteroatoms. The van der Waals surface area contributed by atoms with Crippen LogP contribution in [0.2, 0.25) is 0 Å². The second-order valence-corrected chi connectivity index (χ2v) is 7.67. The summed E-state index contributed by atoms with van der Waals surface area (Å²) < 4.78 is 5.73. The van der Waals surface area contributed by atoms with Gasteiger partial charge in [-0.3, -0.25) is 4.79 Å². The lowest BCUT2D eigenvalue weighted by molar-refractivity contribution is -0.150. The molecule has 2 atom stereocenters. The van der Waals surface area contributed by atoms with Gasteiger partial charge >= 0.3 is 5.97 Å². The molecule has 0 radical (unpaired) electrons. The Morgan fingerprint density at radius 2 is 1.58 bits per heavy atom. The van der Waals surface area contributed by atoms with Gasteiger partial charge in [0.2, 0.25) is 0 Å². The van der Waals surface area contributed by atoms with Crippen molar-refractivity contribution in [1.29, 1.82) is 0 Å². The third-order valence-corrected chi connectivity index (χ3v) is 5.32. The van der Waals surface area contributed by atoms with Crippen molar-refractivity contribution in [2.75, 3.05) is 0 Å². The number of nitrogens with zero attached hydrogens (tertiary/aromatic N) is 1. The first-order chi connectivity index (χ1) is 15.9. The number of pyridine rings is 1. The van der Waals surface area contributed by atoms with Crippen molar-refractivity contribution in [2.24, 2.45) is 0 Å². The summed E-state index contributed by atoms with van der Waals surface area (Å²) in [6, 6.07) is 20.0. The quantitative estimate of drug-likeness (QED) is 0.385. The zero-order valence-electron chi connectivity index (χ0n) is 18.5. The number of esters is 1. The Morgan fingerprint density at radius 1 is 1.00 bits per heavy atom. The maximum Gasteiger partial charge on any atom is 0.328 e. The van der Waals surface area contributed by atoms with E-state index in [1.807, 2.05) is 67.6 Å². The summed E-state index contributed by atoms with van der Waals surface area (Å²) in [5.41, 5.74) is 2.03. The highest BCUT2D eigenvalue weighted by Crippen LogP contribution is 2.30. The van der Waals surface area contributed by atoms with E-state index in [4.69, 9.17) is 4.74 Å². The van der Waals surface area contributed by atoms with Crippen LogP contribution in [-0.2, 0) is 20.7 Å². The molecule has 0 aliphatic carbocycles. The Kier molecular flexibility index (Phi) is 7.91. The molecule has 170 valence electrons. The monoisotopic (exact) mass is 446 g/mol. The van der Waals surface area contributed by atoms with Gasteiger partial charge in [-0.05, 0) is 31.0 Å². The van der Waals surface area contributed by atoms with Gasteiger partial charge in [0.15, 0.2) is 11.4 Å². The van der Waals surface area contributed by atoms with Crippen molar-refractivity contribution < 1.29 is 24.2 Å². The Balaban J connectivity index is 1.72. The highest BCUT2D eigenvalue weighted by molar-refractivity contribution is 5.97. The van der Waals surface area contributed by atoms with Crippen LogP contribution in [0.25, 0.3) is 0 Å². The van der Waals surface area contributed by atoms with E-state index in [0.29, 0.717) is 6.29 Å². The molecule has 2 aromatic carbocycles. The van der Waals surface area contributed by atoms with Crippen molar-refractivity contribution in [3.8, 4) is 5.75 Å². The van der Waals surface area contributed by atoms with Gasteiger partial charge in [0.25, 0.3) is 5.91 Å². The second kappa shape index (κ2) is 11.0. The number of carbonyl (C=O) groups is 3. The van der Waals surface area contributed by atoms with Gasteiger partial charge < -0.3 is 20.0 Å². The summed E-state index contributed by atoms with van der Waals surface area (Å²) >= 11 is 0. The third kappa shape index (κ3) is 5.83. The van der Waals surface area contributed by atoms with Crippen LogP contribution < -0.4 is 5.32 Å². The second-order valence-electron chi connectivity index (χ2n) is 7.67. The van der Waals surface area contributed by atoms with Crippen molar-refractivity contribution in [3.05, 3.63) is 95.3 Å². The molecule has 0 bridgehead atoms. The molecule has 0 saturated heterocycles. The van der Waals surface area contributed by atoms with E-state index in [2.05, 4.69) is 10.3 Å². The molecule has 3 aromatic rings. The molecule has 3 rings (SSSR count). The maximum absolute atomic E-state index is 12.8. The number of benzene rings is 2. The molecular formula is C26H26N2O5. The van der Waals surface area contributed by atoms with Crippen LogP contribution in [0.3, 0.4) is 0 Å². The van der Waals surface area contributed by atoms with Gasteiger partial charge in [-0.15, -0.1) is 0 Å². The number of nitrogens with one attached hydrogen (secondary N) is 1. The van der Waals surface area contributed by atoms with Crippen LogP contribution in [0.4, 0.5) is 0 Å². The van der Waals surface area contributed by atoms with Gasteiger partial charge in [0.05, 0.1) is 0 Å². The SMILES string of the molecule is CC(OC(=O)[C@H](C)NC(=O)c1nccc(CC=O)c1O)C(c1ccccc1)c1ccccc1. The van der Waals surface area contributed by atoms with Crippen LogP contribution in [0.5, 0.6) is 5.75 Å². The summed E-state index contributed by atoms with van der Waals surface area (Å²) in [6.07, 6.45) is 1.38. The van der Waals surface area contributed by atoms with Gasteiger partial charge in [-0.2, -0.15) is 0 Å². The van der Waals surface area contributed by atoms with Crippen molar-refractivity contribution in [3.63, 3.8) is 0 Å². The molecule has 0 spiro atoms. The number of hydrogen-bond acceptors (Lipinski definition) is 6. The standard InChI is InChI=1S/C26H26N2O5/c1-17(28-25(31)23-24(30)21(14-16-29)13-15-27-23)26(32)33-18(2)22(19-9-5-3-6-10-19)20-11-7-4-8-12-20/h3-13,15-18,22,30H,14H2,1-2H3,(H,28,31)/t17-,18?/m0/s1. The first-order valence-electron chi connectivity index (χ1n) is 10.6. The summed E-state index contributed by atoms with van der Waals surface area (Å²) in [5, 5.41) is 12.7. The fourth-order valence-electron chi connectivity index (χ4n) is 3.65. The Hall–Kier alpha value is -4.00. The van der Waals surface area contributed by atoms with Crippen LogP contribution in [0, 0.1) is 0 Å². The lowest BCUT2D eigenvalue weighted by Crippen LogP contribution is -2.41. The molecule has 0 aliphatic heterocycles. The summed E-state index contributed by atoms with van der Waals surface area (Å²) in [7, 11) is 0. The van der Waals surface area contributed by atoms with E-state index >= 15 is 0 Å². The van der Waals surface area contributed by atoms with E-state index in [-0.39, 0.29) is 29.3 Å². The first kappa shape index (κ1) is 23.7. The molecule has 1 aromatic heterocycles. The zero-order chi connectivity index (χ0) is 23.8. The van der Waals surface area contributed by atoms with Gasteiger partial charge in [0.1, 0.15) is 18.4 Å². The minimum absolute atomic E-state index is 0.0515. The van der Waals surface area contributed by atoms with Crippen LogP contribution >= 0.6 is 0 Å². The zero-order valence-corrected chi connectivity index (χ0v) is 18.5. The fraction of sp³-hybridized carbons (Fsp3) is 0.231. The van der Waals surface area contributed by atoms with E-state index in [1.54, 1.807) is 0 Å². The minimum Gasteiger partial charge on any atom is -0.505 e. The largest absolute Gasteiger partial charge is 0.505 e.